The number of oxazole rings is 1. The molecule has 1 aliphatic rings. The summed E-state index contributed by atoms with van der Waals surface area (Å²) in [5.41, 5.74) is 3.96. The second-order valence-corrected chi connectivity index (χ2v) is 4.16. The van der Waals surface area contributed by atoms with Gasteiger partial charge in [-0.25, -0.2) is 9.37 Å². The van der Waals surface area contributed by atoms with Gasteiger partial charge in [-0.2, -0.15) is 0 Å². The van der Waals surface area contributed by atoms with Crippen LogP contribution >= 0.6 is 0 Å². The smallest absolute Gasteiger partial charge is 0.214 e. The minimum Gasteiger partial charge on any atom is -0.440 e. The summed E-state index contributed by atoms with van der Waals surface area (Å²) in [4.78, 5) is 3.98. The molecule has 4 heteroatoms. The minimum atomic E-state index is -1.48. The molecule has 2 N–H and O–H groups in total. The lowest BCUT2D eigenvalue weighted by Crippen LogP contribution is -2.19. The summed E-state index contributed by atoms with van der Waals surface area (Å²) in [5, 5.41) is 0. The van der Waals surface area contributed by atoms with E-state index in [0.29, 0.717) is 5.89 Å². The summed E-state index contributed by atoms with van der Waals surface area (Å²) >= 11 is 0. The molecule has 1 saturated carbocycles. The Balaban J connectivity index is 2.29. The van der Waals surface area contributed by atoms with Crippen LogP contribution in [0.3, 0.4) is 0 Å². The van der Waals surface area contributed by atoms with Gasteiger partial charge in [-0.1, -0.05) is 0 Å². The van der Waals surface area contributed by atoms with Crippen LogP contribution < -0.4 is 5.73 Å². The zero-order chi connectivity index (χ0) is 9.69. The van der Waals surface area contributed by atoms with Crippen molar-refractivity contribution in [2.45, 2.75) is 37.9 Å². The van der Waals surface area contributed by atoms with Gasteiger partial charge in [0, 0.05) is 0 Å². The largest absolute Gasteiger partial charge is 0.440 e. The molecule has 2 rings (SSSR count). The van der Waals surface area contributed by atoms with Crippen molar-refractivity contribution in [1.82, 2.24) is 4.98 Å². The van der Waals surface area contributed by atoms with E-state index in [2.05, 4.69) is 4.98 Å². The molecule has 1 aromatic heterocycles. The molecule has 0 spiro atoms. The summed E-state index contributed by atoms with van der Waals surface area (Å²) in [6, 6.07) is 0. The van der Waals surface area contributed by atoms with Crippen molar-refractivity contribution in [3.63, 3.8) is 0 Å². The van der Waals surface area contributed by atoms with E-state index in [1.807, 2.05) is 0 Å². The molecule has 3 nitrogen and oxygen atoms in total. The Bertz CT molecular complexity index is 303. The molecule has 1 fully saturated rings. The van der Waals surface area contributed by atoms with Gasteiger partial charge in [-0.3, -0.25) is 0 Å². The van der Waals surface area contributed by atoms with E-state index in [4.69, 9.17) is 10.2 Å². The summed E-state index contributed by atoms with van der Waals surface area (Å²) in [6.45, 7) is 2.88. The van der Waals surface area contributed by atoms with Crippen molar-refractivity contribution in [3.8, 4) is 0 Å². The lowest BCUT2D eigenvalue weighted by Gasteiger charge is -2.09. The second kappa shape index (κ2) is 2.32. The highest BCUT2D eigenvalue weighted by molar-refractivity contribution is 5.15. The molecule has 1 aromatic rings. The molecule has 0 atom stereocenters. The van der Waals surface area contributed by atoms with Gasteiger partial charge in [0.2, 0.25) is 5.89 Å². The van der Waals surface area contributed by atoms with Crippen LogP contribution in [0.4, 0.5) is 4.39 Å². The Morgan fingerprint density at radius 3 is 2.62 bits per heavy atom. The van der Waals surface area contributed by atoms with Gasteiger partial charge < -0.3 is 10.2 Å². The summed E-state index contributed by atoms with van der Waals surface area (Å²) < 4.78 is 18.6. The fraction of sp³-hybridized carbons (Fsp3) is 0.667. The number of hydrogen-bond donors (Lipinski definition) is 1. The van der Waals surface area contributed by atoms with Gasteiger partial charge in [0.25, 0.3) is 0 Å². The predicted octanol–water partition coefficient (Wildman–Crippen LogP) is 1.83. The van der Waals surface area contributed by atoms with Crippen LogP contribution in [0.15, 0.2) is 10.6 Å². The molecule has 0 bridgehead atoms. The second-order valence-electron chi connectivity index (χ2n) is 4.16. The zero-order valence-corrected chi connectivity index (χ0v) is 7.80. The van der Waals surface area contributed by atoms with Crippen LogP contribution in [0.5, 0.6) is 0 Å². The number of nitrogens with zero attached hydrogens (tertiary/aromatic N) is 1. The van der Waals surface area contributed by atoms with E-state index < -0.39 is 11.2 Å². The first-order valence-corrected chi connectivity index (χ1v) is 4.36. The summed E-state index contributed by atoms with van der Waals surface area (Å²) in [7, 11) is 0. The maximum atomic E-state index is 13.4. The van der Waals surface area contributed by atoms with E-state index in [-0.39, 0.29) is 5.76 Å². The molecular formula is C9H13FN2O. The quantitative estimate of drug-likeness (QED) is 0.762. The zero-order valence-electron chi connectivity index (χ0n) is 7.80. The normalized spacial score (nSPS) is 20.3. The molecule has 0 saturated heterocycles. The summed E-state index contributed by atoms with van der Waals surface area (Å²) in [6.07, 6.45) is 3.17. The Morgan fingerprint density at radius 1 is 1.62 bits per heavy atom. The van der Waals surface area contributed by atoms with Crippen molar-refractivity contribution in [3.05, 3.63) is 17.8 Å². The Hall–Kier alpha value is -0.900. The first-order chi connectivity index (χ1) is 5.92. The molecule has 0 unspecified atom stereocenters. The van der Waals surface area contributed by atoms with E-state index in [0.717, 1.165) is 12.8 Å². The molecule has 72 valence electrons. The topological polar surface area (TPSA) is 52.0 Å². The third-order valence-corrected chi connectivity index (χ3v) is 2.31. The van der Waals surface area contributed by atoms with Gasteiger partial charge in [-0.15, -0.1) is 0 Å². The minimum absolute atomic E-state index is 0.249. The molecule has 13 heavy (non-hydrogen) atoms. The first kappa shape index (κ1) is 8.69. The van der Waals surface area contributed by atoms with Crippen LogP contribution in [-0.4, -0.2) is 4.98 Å². The van der Waals surface area contributed by atoms with E-state index in [1.54, 1.807) is 0 Å². The van der Waals surface area contributed by atoms with E-state index in [9.17, 15) is 4.39 Å². The Kier molecular flexibility index (Phi) is 1.55. The van der Waals surface area contributed by atoms with Crippen LogP contribution in [0.2, 0.25) is 0 Å². The third kappa shape index (κ3) is 1.46. The highest BCUT2D eigenvalue weighted by atomic mass is 19.1. The average molecular weight is 184 g/mol. The highest BCUT2D eigenvalue weighted by Crippen LogP contribution is 2.43. The van der Waals surface area contributed by atoms with Gasteiger partial charge >= 0.3 is 0 Å². The van der Waals surface area contributed by atoms with Crippen molar-refractivity contribution in [2.24, 2.45) is 5.73 Å². The van der Waals surface area contributed by atoms with Gasteiger partial charge in [0.1, 0.15) is 0 Å². The highest BCUT2D eigenvalue weighted by Gasteiger charge is 2.45. The van der Waals surface area contributed by atoms with Gasteiger partial charge in [0.05, 0.1) is 11.7 Å². The van der Waals surface area contributed by atoms with E-state index in [1.165, 1.54) is 20.0 Å². The average Bonchev–Trinajstić information content (AvgIpc) is 2.60. The van der Waals surface area contributed by atoms with Crippen LogP contribution in [-0.2, 0) is 11.2 Å². The molecule has 0 amide bonds. The lowest BCUT2D eigenvalue weighted by atomic mass is 10.1. The van der Waals surface area contributed by atoms with Crippen molar-refractivity contribution < 1.29 is 8.81 Å². The predicted molar refractivity (Wildman–Crippen MR) is 45.7 cm³/mol. The Labute approximate surface area is 76.1 Å². The summed E-state index contributed by atoms with van der Waals surface area (Å²) in [5.74, 6) is 0.715. The fourth-order valence-corrected chi connectivity index (χ4v) is 1.13. The Morgan fingerprint density at radius 2 is 2.23 bits per heavy atom. The number of hydrogen-bond acceptors (Lipinski definition) is 3. The maximum absolute atomic E-state index is 13.4. The monoisotopic (exact) mass is 184 g/mol. The van der Waals surface area contributed by atoms with Gasteiger partial charge in [0.15, 0.2) is 11.4 Å². The van der Waals surface area contributed by atoms with Crippen LogP contribution in [0.25, 0.3) is 0 Å². The molecule has 1 heterocycles. The standard InChI is InChI=1S/C9H13FN2O/c1-8(2,10)6-5-12-7(13-6)9(11)3-4-9/h5H,3-4,11H2,1-2H3. The SMILES string of the molecule is CC(C)(F)c1cnc(C2(N)CC2)o1. The lowest BCUT2D eigenvalue weighted by molar-refractivity contribution is 0.173. The maximum Gasteiger partial charge on any atom is 0.214 e. The molecular weight excluding hydrogens is 171 g/mol. The van der Waals surface area contributed by atoms with Gasteiger partial charge in [-0.05, 0) is 26.7 Å². The third-order valence-electron chi connectivity index (χ3n) is 2.31. The van der Waals surface area contributed by atoms with Crippen molar-refractivity contribution in [2.75, 3.05) is 0 Å². The number of aromatic nitrogens is 1. The van der Waals surface area contributed by atoms with Crippen molar-refractivity contribution in [1.29, 1.82) is 0 Å². The molecule has 1 aliphatic carbocycles. The van der Waals surface area contributed by atoms with Crippen molar-refractivity contribution >= 4 is 0 Å². The first-order valence-electron chi connectivity index (χ1n) is 4.36. The van der Waals surface area contributed by atoms with Crippen LogP contribution in [0.1, 0.15) is 38.3 Å². The number of nitrogens with two attached hydrogens (primary N) is 1. The van der Waals surface area contributed by atoms with Crippen LogP contribution in [0, 0.1) is 0 Å². The molecule has 0 aliphatic heterocycles. The number of halogens is 1. The van der Waals surface area contributed by atoms with E-state index >= 15 is 0 Å². The molecule has 0 aromatic carbocycles. The molecule has 0 radical (unpaired) electrons. The fourth-order valence-electron chi connectivity index (χ4n) is 1.13. The number of rotatable bonds is 2. The number of alkyl halides is 1.